The summed E-state index contributed by atoms with van der Waals surface area (Å²) in [7, 11) is 0. The van der Waals surface area contributed by atoms with E-state index in [2.05, 4.69) is 235 Å². The van der Waals surface area contributed by atoms with Gasteiger partial charge in [0.25, 0.3) is 0 Å². The van der Waals surface area contributed by atoms with Crippen LogP contribution in [0.1, 0.15) is 269 Å². The highest BCUT2D eigenvalue weighted by atomic mass is 32.2. The van der Waals surface area contributed by atoms with E-state index in [0.717, 1.165) is 39.4 Å². The molecule has 1 aromatic heterocycles. The summed E-state index contributed by atoms with van der Waals surface area (Å²) in [5.74, 6) is 5.51. The van der Waals surface area contributed by atoms with Crippen LogP contribution in [0.15, 0.2) is 156 Å². The van der Waals surface area contributed by atoms with Gasteiger partial charge in [-0.2, -0.15) is 13.2 Å². The van der Waals surface area contributed by atoms with Crippen LogP contribution in [0.2, 0.25) is 0 Å². The molecular weight excluding hydrogens is 1010 g/mol. The summed E-state index contributed by atoms with van der Waals surface area (Å²) < 4.78 is 37.4. The molecule has 1 saturated carbocycles. The Labute approximate surface area is 487 Å². The maximum Gasteiger partial charge on any atom is 0.416 e. The molecule has 0 saturated heterocycles. The summed E-state index contributed by atoms with van der Waals surface area (Å²) in [6, 6.07) is 52.0. The smallest absolute Gasteiger partial charge is 0.166 e. The minimum Gasteiger partial charge on any atom is -0.166 e. The van der Waals surface area contributed by atoms with Crippen molar-refractivity contribution in [3.8, 4) is 0 Å². The number of aromatic nitrogens is 2. The molecule has 7 aromatic rings. The van der Waals surface area contributed by atoms with E-state index in [0.29, 0.717) is 41.4 Å². The first kappa shape index (κ1) is 68.3. The lowest BCUT2D eigenvalue weighted by Gasteiger charge is -2.22. The van der Waals surface area contributed by atoms with E-state index in [1.165, 1.54) is 95.2 Å². The first-order valence-electron chi connectivity index (χ1n) is 29.4. The summed E-state index contributed by atoms with van der Waals surface area (Å²) in [6.07, 6.45) is 7.16. The van der Waals surface area contributed by atoms with E-state index in [4.69, 9.17) is 0 Å². The van der Waals surface area contributed by atoms with Crippen molar-refractivity contribution in [1.29, 1.82) is 0 Å². The van der Waals surface area contributed by atoms with Gasteiger partial charge in [0.05, 0.1) is 5.56 Å². The van der Waals surface area contributed by atoms with Crippen LogP contribution in [-0.2, 0) is 12.6 Å². The van der Waals surface area contributed by atoms with Gasteiger partial charge >= 0.3 is 6.18 Å². The van der Waals surface area contributed by atoms with E-state index in [1.54, 1.807) is 28.7 Å². The lowest BCUT2D eigenvalue weighted by molar-refractivity contribution is -0.137. The molecule has 1 atom stereocenters. The molecule has 0 bridgehead atoms. The third kappa shape index (κ3) is 25.1. The lowest BCUT2D eigenvalue weighted by atomic mass is 9.83. The zero-order valence-corrected chi connectivity index (χ0v) is 53.1. The maximum atomic E-state index is 12.1. The fraction of sp³-hybridized carbons (Fsp3) is 0.472. The molecular formula is C72H99F3N2S2. The Balaban J connectivity index is 0.000000251. The predicted octanol–water partition coefficient (Wildman–Crippen LogP) is 23.7. The number of benzene rings is 6. The van der Waals surface area contributed by atoms with Gasteiger partial charge in [-0.25, -0.2) is 0 Å². The minimum absolute atomic E-state index is 0.266. The molecule has 1 heterocycles. The van der Waals surface area contributed by atoms with Gasteiger partial charge in [-0.3, -0.25) is 0 Å². The Bertz CT molecular complexity index is 2630. The zero-order chi connectivity index (χ0) is 58.7. The summed E-state index contributed by atoms with van der Waals surface area (Å²) in [4.78, 5) is 0. The van der Waals surface area contributed by atoms with Crippen LogP contribution < -0.4 is 0 Å². The van der Waals surface area contributed by atoms with Crippen LogP contribution in [0.5, 0.6) is 0 Å². The van der Waals surface area contributed by atoms with Crippen molar-refractivity contribution in [2.45, 2.75) is 220 Å². The molecule has 7 heteroatoms. The van der Waals surface area contributed by atoms with Crippen LogP contribution in [0.3, 0.4) is 0 Å². The largest absolute Gasteiger partial charge is 0.416 e. The Morgan fingerprint density at radius 1 is 0.468 bits per heavy atom. The molecule has 1 unspecified atom stereocenters. The molecule has 0 aliphatic heterocycles. The molecule has 79 heavy (non-hydrogen) atoms. The quantitative estimate of drug-likeness (QED) is 0.108. The summed E-state index contributed by atoms with van der Waals surface area (Å²) >= 11 is 3.33. The molecule has 430 valence electrons. The van der Waals surface area contributed by atoms with Gasteiger partial charge in [-0.05, 0) is 147 Å². The van der Waals surface area contributed by atoms with Crippen molar-refractivity contribution < 1.29 is 13.2 Å². The van der Waals surface area contributed by atoms with Crippen molar-refractivity contribution in [3.05, 3.63) is 218 Å². The van der Waals surface area contributed by atoms with Gasteiger partial charge < -0.3 is 0 Å². The first-order valence-corrected chi connectivity index (χ1v) is 31.4. The number of rotatable bonds is 13. The molecule has 1 fully saturated rings. The fourth-order valence-corrected chi connectivity index (χ4v) is 10.3. The zero-order valence-electron chi connectivity index (χ0n) is 51.4. The molecule has 0 spiro atoms. The summed E-state index contributed by atoms with van der Waals surface area (Å²) in [5.41, 5.74) is 13.4. The van der Waals surface area contributed by atoms with Crippen LogP contribution in [-0.4, -0.2) is 16.5 Å². The third-order valence-corrected chi connectivity index (χ3v) is 16.8. The van der Waals surface area contributed by atoms with Crippen molar-refractivity contribution >= 4 is 23.1 Å². The van der Waals surface area contributed by atoms with Crippen LogP contribution >= 0.6 is 23.1 Å². The highest BCUT2D eigenvalue weighted by molar-refractivity contribution is 8.00. The molecule has 0 radical (unpaired) electrons. The van der Waals surface area contributed by atoms with E-state index in [1.807, 2.05) is 20.1 Å². The SMILES string of the molecule is CC(C)c1ccc(C(C)C)cc1.CC(C)c1ccc(C(F)(F)F)cc1.CC(C)c1ccc(C2CCCCC2)cc1.CC(C)c1ccccc1Cc1ccccc1.CCC(C)c1ccc(C(C)C)cc1.CSc1nnc(C(C)C)s1. The van der Waals surface area contributed by atoms with Gasteiger partial charge in [-0.1, -0.05) is 293 Å². The van der Waals surface area contributed by atoms with E-state index < -0.39 is 11.7 Å². The second-order valence-electron chi connectivity index (χ2n) is 23.3. The lowest BCUT2D eigenvalue weighted by Crippen LogP contribution is -2.04. The van der Waals surface area contributed by atoms with Gasteiger partial charge in [0.1, 0.15) is 5.01 Å². The highest BCUT2D eigenvalue weighted by Crippen LogP contribution is 2.34. The van der Waals surface area contributed by atoms with Crippen molar-refractivity contribution in [2.24, 2.45) is 0 Å². The molecule has 6 aromatic carbocycles. The number of halogens is 3. The monoisotopic (exact) mass is 1110 g/mol. The summed E-state index contributed by atoms with van der Waals surface area (Å²) in [5, 5.41) is 9.15. The molecule has 0 N–H and O–H groups in total. The fourth-order valence-electron chi connectivity index (χ4n) is 8.97. The van der Waals surface area contributed by atoms with Crippen molar-refractivity contribution in [3.63, 3.8) is 0 Å². The van der Waals surface area contributed by atoms with Gasteiger partial charge in [0, 0.05) is 5.92 Å². The maximum absolute atomic E-state index is 12.1. The second kappa shape index (κ2) is 35.7. The van der Waals surface area contributed by atoms with Crippen molar-refractivity contribution in [2.75, 3.05) is 6.26 Å². The van der Waals surface area contributed by atoms with Gasteiger partial charge in [0.15, 0.2) is 4.34 Å². The van der Waals surface area contributed by atoms with Crippen LogP contribution in [0.25, 0.3) is 0 Å². The number of nitrogens with zero attached hydrogens (tertiary/aromatic N) is 2. The summed E-state index contributed by atoms with van der Waals surface area (Å²) in [6.45, 7) is 35.1. The Morgan fingerprint density at radius 3 is 1.24 bits per heavy atom. The minimum atomic E-state index is -4.23. The van der Waals surface area contributed by atoms with Gasteiger partial charge in [0.2, 0.25) is 0 Å². The Morgan fingerprint density at radius 2 is 0.873 bits per heavy atom. The van der Waals surface area contributed by atoms with E-state index in [9.17, 15) is 13.2 Å². The topological polar surface area (TPSA) is 25.8 Å². The Hall–Kier alpha value is -4.98. The standard InChI is InChI=1S/C16H18.C15H22.C13H20.C12H18.C10H11F3.C6H10N2S2/c1-13(2)16-11-7-6-10-15(16)12-14-8-4-3-5-9-14;1-12(2)13-8-10-15(11-9-13)14-6-4-3-5-7-14;1-5-11(4)13-8-6-12(7-9-13)10(2)3;1-9(2)11-5-7-12(8-6-11)10(3)4;1-7(2)8-3-5-9(6-4-8)10(11,12)13;1-4(2)5-7-8-6(9-3)10-5/h3-11,13H,12H2,1-2H3;8-12,14H,3-7H2,1-2H3;6-11H,5H2,1-4H3;5-10H,1-4H3;3-7H,1-2H3;4H,1-3H3. The average molecular weight is 1110 g/mol. The normalized spacial score (nSPS) is 12.9. The van der Waals surface area contributed by atoms with E-state index >= 15 is 0 Å². The average Bonchev–Trinajstić information content (AvgIpc) is 3.95. The number of thioether (sulfide) groups is 1. The second-order valence-corrected chi connectivity index (χ2v) is 25.4. The predicted molar refractivity (Wildman–Crippen MR) is 341 cm³/mol. The number of hydrogen-bond donors (Lipinski definition) is 0. The highest BCUT2D eigenvalue weighted by Gasteiger charge is 2.30. The third-order valence-electron chi connectivity index (χ3n) is 14.6. The molecule has 2 nitrogen and oxygen atoms in total. The first-order chi connectivity index (χ1) is 37.4. The molecule has 8 rings (SSSR count). The van der Waals surface area contributed by atoms with Crippen LogP contribution in [0.4, 0.5) is 13.2 Å². The molecule has 1 aliphatic rings. The van der Waals surface area contributed by atoms with Gasteiger partial charge in [-0.15, -0.1) is 10.2 Å². The Kier molecular flexibility index (Phi) is 30.8. The molecule has 1 aliphatic carbocycles. The van der Waals surface area contributed by atoms with E-state index in [-0.39, 0.29) is 5.92 Å². The van der Waals surface area contributed by atoms with Crippen LogP contribution in [0, 0.1) is 0 Å². The number of alkyl halides is 3. The number of hydrogen-bond acceptors (Lipinski definition) is 4. The molecule has 0 amide bonds. The van der Waals surface area contributed by atoms with Crippen molar-refractivity contribution in [1.82, 2.24) is 10.2 Å².